The zero-order valence-corrected chi connectivity index (χ0v) is 11.6. The molecule has 0 N–H and O–H groups in total. The van der Waals surface area contributed by atoms with Gasteiger partial charge in [-0.1, -0.05) is 0 Å². The second kappa shape index (κ2) is 5.28. The molecule has 0 atom stereocenters. The summed E-state index contributed by atoms with van der Waals surface area (Å²) in [5, 5.41) is 0. The Morgan fingerprint density at radius 1 is 1.10 bits per heavy atom. The number of hydrogen-bond acceptors (Lipinski definition) is 5. The average molecular weight is 283 g/mol. The van der Waals surface area contributed by atoms with Gasteiger partial charge >= 0.3 is 5.97 Å². The van der Waals surface area contributed by atoms with Crippen LogP contribution in [0.15, 0.2) is 46.9 Å². The number of hydrogen-bond donors (Lipinski definition) is 0. The van der Waals surface area contributed by atoms with Crippen molar-refractivity contribution in [2.75, 3.05) is 14.2 Å². The largest absolute Gasteiger partial charge is 0.497 e. The van der Waals surface area contributed by atoms with Crippen LogP contribution >= 0.6 is 0 Å². The van der Waals surface area contributed by atoms with Crippen LogP contribution in [0.3, 0.4) is 0 Å². The highest BCUT2D eigenvalue weighted by Crippen LogP contribution is 2.27. The highest BCUT2D eigenvalue weighted by molar-refractivity contribution is 5.89. The lowest BCUT2D eigenvalue weighted by atomic mass is 10.1. The predicted octanol–water partition coefficient (Wildman–Crippen LogP) is 3.29. The Hall–Kier alpha value is -2.82. The zero-order chi connectivity index (χ0) is 14.8. The van der Waals surface area contributed by atoms with Gasteiger partial charge in [0.05, 0.1) is 19.8 Å². The number of nitrogens with zero attached hydrogens (tertiary/aromatic N) is 1. The number of ether oxygens (including phenoxy) is 2. The molecule has 0 radical (unpaired) electrons. The van der Waals surface area contributed by atoms with Crippen LogP contribution in [0.25, 0.3) is 22.6 Å². The number of rotatable bonds is 3. The number of carbonyl (C=O) groups excluding carboxylic acids is 1. The molecule has 3 aromatic rings. The molecule has 0 bridgehead atoms. The maximum atomic E-state index is 11.4. The Labute approximate surface area is 121 Å². The van der Waals surface area contributed by atoms with Gasteiger partial charge in [0.2, 0.25) is 5.89 Å². The lowest BCUT2D eigenvalue weighted by Crippen LogP contribution is -2.00. The number of fused-ring (bicyclic) bond motifs is 1. The molecule has 106 valence electrons. The Bertz CT molecular complexity index is 790. The SMILES string of the molecule is COC(=O)c1ccc(-c2nc3ccc(OC)cc3o2)cc1. The minimum Gasteiger partial charge on any atom is -0.497 e. The molecule has 0 fully saturated rings. The normalized spacial score (nSPS) is 10.6. The van der Waals surface area contributed by atoms with E-state index in [1.165, 1.54) is 7.11 Å². The van der Waals surface area contributed by atoms with Crippen molar-refractivity contribution in [3.63, 3.8) is 0 Å². The minimum atomic E-state index is -0.371. The number of oxazole rings is 1. The first-order valence-electron chi connectivity index (χ1n) is 6.34. The maximum Gasteiger partial charge on any atom is 0.337 e. The van der Waals surface area contributed by atoms with Crippen LogP contribution in [0.4, 0.5) is 0 Å². The Kier molecular flexibility index (Phi) is 3.31. The van der Waals surface area contributed by atoms with E-state index in [4.69, 9.17) is 9.15 Å². The van der Waals surface area contributed by atoms with E-state index in [9.17, 15) is 4.79 Å². The third-order valence-electron chi connectivity index (χ3n) is 3.15. The Morgan fingerprint density at radius 3 is 2.52 bits per heavy atom. The Morgan fingerprint density at radius 2 is 1.86 bits per heavy atom. The summed E-state index contributed by atoms with van der Waals surface area (Å²) < 4.78 is 15.5. The van der Waals surface area contributed by atoms with Crippen LogP contribution in [0, 0.1) is 0 Å². The number of aromatic nitrogens is 1. The van der Waals surface area contributed by atoms with Crippen molar-refractivity contribution in [2.24, 2.45) is 0 Å². The highest BCUT2D eigenvalue weighted by atomic mass is 16.5. The van der Waals surface area contributed by atoms with Gasteiger partial charge < -0.3 is 13.9 Å². The van der Waals surface area contributed by atoms with Crippen LogP contribution in [-0.4, -0.2) is 25.2 Å². The average Bonchev–Trinajstić information content (AvgIpc) is 2.97. The van der Waals surface area contributed by atoms with Gasteiger partial charge in [-0.15, -0.1) is 0 Å². The van der Waals surface area contributed by atoms with Gasteiger partial charge in [0.1, 0.15) is 11.3 Å². The molecule has 5 nitrogen and oxygen atoms in total. The topological polar surface area (TPSA) is 61.6 Å². The molecule has 1 aromatic heterocycles. The smallest absolute Gasteiger partial charge is 0.337 e. The summed E-state index contributed by atoms with van der Waals surface area (Å²) in [5.74, 6) is 0.838. The van der Waals surface area contributed by atoms with Crippen molar-refractivity contribution >= 4 is 17.1 Å². The molecule has 5 heteroatoms. The van der Waals surface area contributed by atoms with Gasteiger partial charge in [0, 0.05) is 11.6 Å². The van der Waals surface area contributed by atoms with E-state index in [0.29, 0.717) is 22.8 Å². The molecule has 3 rings (SSSR count). The fraction of sp³-hybridized carbons (Fsp3) is 0.125. The van der Waals surface area contributed by atoms with Crippen molar-refractivity contribution < 1.29 is 18.7 Å². The molecular formula is C16H13NO4. The first kappa shape index (κ1) is 13.2. The third kappa shape index (κ3) is 2.45. The van der Waals surface area contributed by atoms with Gasteiger partial charge in [-0.05, 0) is 36.4 Å². The van der Waals surface area contributed by atoms with Gasteiger partial charge in [-0.25, -0.2) is 9.78 Å². The molecule has 0 aliphatic heterocycles. The molecular weight excluding hydrogens is 270 g/mol. The van der Waals surface area contributed by atoms with E-state index in [0.717, 1.165) is 11.1 Å². The molecule has 21 heavy (non-hydrogen) atoms. The summed E-state index contributed by atoms with van der Waals surface area (Å²) in [5.41, 5.74) is 2.68. The summed E-state index contributed by atoms with van der Waals surface area (Å²) in [7, 11) is 2.95. The van der Waals surface area contributed by atoms with Crippen LogP contribution in [0.5, 0.6) is 5.75 Å². The Balaban J connectivity index is 1.98. The number of esters is 1. The molecule has 0 saturated heterocycles. The van der Waals surface area contributed by atoms with Crippen molar-refractivity contribution in [1.29, 1.82) is 0 Å². The van der Waals surface area contributed by atoms with Gasteiger partial charge in [-0.3, -0.25) is 0 Å². The molecule has 2 aromatic carbocycles. The van der Waals surface area contributed by atoms with Crippen molar-refractivity contribution in [2.45, 2.75) is 0 Å². The minimum absolute atomic E-state index is 0.371. The quantitative estimate of drug-likeness (QED) is 0.690. The molecule has 1 heterocycles. The van der Waals surface area contributed by atoms with E-state index >= 15 is 0 Å². The molecule has 0 amide bonds. The van der Waals surface area contributed by atoms with Crippen molar-refractivity contribution in [1.82, 2.24) is 4.98 Å². The number of carbonyl (C=O) groups is 1. The van der Waals surface area contributed by atoms with E-state index in [-0.39, 0.29) is 5.97 Å². The fourth-order valence-electron chi connectivity index (χ4n) is 2.02. The van der Waals surface area contributed by atoms with Gasteiger partial charge in [0.25, 0.3) is 0 Å². The van der Waals surface area contributed by atoms with Gasteiger partial charge in [0.15, 0.2) is 5.58 Å². The molecule has 0 aliphatic carbocycles. The van der Waals surface area contributed by atoms with Crippen molar-refractivity contribution in [3.05, 3.63) is 48.0 Å². The zero-order valence-electron chi connectivity index (χ0n) is 11.6. The molecule has 0 unspecified atom stereocenters. The summed E-state index contributed by atoms with van der Waals surface area (Å²) in [6.45, 7) is 0. The maximum absolute atomic E-state index is 11.4. The number of benzene rings is 2. The predicted molar refractivity (Wildman–Crippen MR) is 77.3 cm³/mol. The van der Waals surface area contributed by atoms with Crippen LogP contribution < -0.4 is 4.74 Å². The second-order valence-corrected chi connectivity index (χ2v) is 4.42. The van der Waals surface area contributed by atoms with Crippen LogP contribution in [0.2, 0.25) is 0 Å². The fourth-order valence-corrected chi connectivity index (χ4v) is 2.02. The first-order chi connectivity index (χ1) is 10.2. The summed E-state index contributed by atoms with van der Waals surface area (Å²) in [6.07, 6.45) is 0. The molecule has 0 aliphatic rings. The third-order valence-corrected chi connectivity index (χ3v) is 3.15. The highest BCUT2D eigenvalue weighted by Gasteiger charge is 2.10. The van der Waals surface area contributed by atoms with E-state index in [1.54, 1.807) is 37.4 Å². The number of methoxy groups -OCH3 is 2. The van der Waals surface area contributed by atoms with E-state index in [2.05, 4.69) is 9.72 Å². The summed E-state index contributed by atoms with van der Waals surface area (Å²) in [6, 6.07) is 12.4. The second-order valence-electron chi connectivity index (χ2n) is 4.42. The summed E-state index contributed by atoms with van der Waals surface area (Å²) in [4.78, 5) is 15.8. The summed E-state index contributed by atoms with van der Waals surface area (Å²) >= 11 is 0. The monoisotopic (exact) mass is 283 g/mol. The van der Waals surface area contributed by atoms with Gasteiger partial charge in [-0.2, -0.15) is 0 Å². The van der Waals surface area contributed by atoms with Crippen molar-refractivity contribution in [3.8, 4) is 17.2 Å². The standard InChI is InChI=1S/C16H13NO4/c1-19-12-7-8-13-14(9-12)21-15(17-13)10-3-5-11(6-4-10)16(18)20-2/h3-9H,1-2H3. The lowest BCUT2D eigenvalue weighted by Gasteiger charge is -1.99. The lowest BCUT2D eigenvalue weighted by molar-refractivity contribution is 0.0600. The van der Waals surface area contributed by atoms with E-state index < -0.39 is 0 Å². The first-order valence-corrected chi connectivity index (χ1v) is 6.34. The van der Waals surface area contributed by atoms with Crippen LogP contribution in [0.1, 0.15) is 10.4 Å². The molecule has 0 saturated carbocycles. The molecule has 0 spiro atoms. The van der Waals surface area contributed by atoms with Crippen LogP contribution in [-0.2, 0) is 4.74 Å². The van der Waals surface area contributed by atoms with E-state index in [1.807, 2.05) is 12.1 Å².